The van der Waals surface area contributed by atoms with E-state index in [-0.39, 0.29) is 17.2 Å². The van der Waals surface area contributed by atoms with Crippen molar-refractivity contribution in [1.29, 1.82) is 0 Å². The smallest absolute Gasteiger partial charge is 0.318 e. The van der Waals surface area contributed by atoms with Gasteiger partial charge in [-0.05, 0) is 57.3 Å². The second-order valence-corrected chi connectivity index (χ2v) is 10.4. The van der Waals surface area contributed by atoms with Crippen LogP contribution in [0.2, 0.25) is 0 Å². The Bertz CT molecular complexity index is 1460. The van der Waals surface area contributed by atoms with Gasteiger partial charge in [-0.2, -0.15) is 9.97 Å². The lowest BCUT2D eigenvalue weighted by atomic mass is 10.1. The quantitative estimate of drug-likeness (QED) is 0.319. The molecule has 2 atom stereocenters. The van der Waals surface area contributed by atoms with Crippen molar-refractivity contribution in [2.45, 2.75) is 65.5 Å². The Labute approximate surface area is 248 Å². The molecule has 4 aromatic rings. The van der Waals surface area contributed by atoms with Crippen molar-refractivity contribution in [3.05, 3.63) is 42.3 Å². The molecule has 6 heterocycles. The largest absolute Gasteiger partial charge is 0.467 e. The molecule has 1 aromatic carbocycles. The maximum Gasteiger partial charge on any atom is 0.318 e. The van der Waals surface area contributed by atoms with E-state index < -0.39 is 5.82 Å². The van der Waals surface area contributed by atoms with E-state index in [0.29, 0.717) is 34.8 Å². The van der Waals surface area contributed by atoms with Gasteiger partial charge in [-0.1, -0.05) is 52.0 Å². The molecule has 2 unspecified atom stereocenters. The molecule has 42 heavy (non-hydrogen) atoms. The highest BCUT2D eigenvalue weighted by Crippen LogP contribution is 2.35. The number of ether oxygens (including phenoxy) is 1. The van der Waals surface area contributed by atoms with E-state index in [4.69, 9.17) is 10.5 Å². The standard InChI is InChI=1S/C23H22FN7O.C5H11N.2C2H6/c1-32-23-29-19-16(22(30-23)31-10-13-6-7-14(11-31)27-13)9-26-21(18(19)24)20-15-5-3-2-4-12(15)8-17(25)28-20;1-6-4-2-3-5-6;2*1-2/h2-5,8-9,13-14,27H,6-7,10-11H2,1H3,(H2,25,28);2-5H2,1H3;2*1-2H3. The molecule has 3 aliphatic heterocycles. The average Bonchev–Trinajstić information content (AvgIpc) is 3.65. The van der Waals surface area contributed by atoms with Crippen LogP contribution in [0.5, 0.6) is 6.01 Å². The Morgan fingerprint density at radius 3 is 2.21 bits per heavy atom. The highest BCUT2D eigenvalue weighted by molar-refractivity contribution is 5.98. The van der Waals surface area contributed by atoms with Crippen molar-refractivity contribution in [2.24, 2.45) is 0 Å². The number of aromatic nitrogens is 4. The Balaban J connectivity index is 0.000000352. The SMILES string of the molecule is CC.CC.CN1CCCC1.COc1nc(N2CC3CCC(C2)N3)c2cnc(-c3nc(N)cc4ccccc34)c(F)c2n1. The number of nitrogen functional groups attached to an aromatic ring is 1. The number of nitrogens with zero attached hydrogens (tertiary/aromatic N) is 6. The lowest BCUT2D eigenvalue weighted by Crippen LogP contribution is -2.51. The first-order valence-corrected chi connectivity index (χ1v) is 15.3. The number of nitrogens with two attached hydrogens (primary N) is 1. The van der Waals surface area contributed by atoms with E-state index in [2.05, 4.69) is 42.1 Å². The van der Waals surface area contributed by atoms with Gasteiger partial charge in [0, 0.05) is 36.8 Å². The molecule has 3 N–H and O–H groups in total. The number of halogens is 1. The molecule has 9 nitrogen and oxygen atoms in total. The van der Waals surface area contributed by atoms with Crippen molar-refractivity contribution >= 4 is 33.3 Å². The number of piperazine rings is 1. The van der Waals surface area contributed by atoms with Gasteiger partial charge in [-0.3, -0.25) is 4.98 Å². The molecule has 0 saturated carbocycles. The average molecular weight is 577 g/mol. The predicted molar refractivity (Wildman–Crippen MR) is 171 cm³/mol. The lowest BCUT2D eigenvalue weighted by Gasteiger charge is -2.34. The van der Waals surface area contributed by atoms with Gasteiger partial charge in [0.15, 0.2) is 5.82 Å². The van der Waals surface area contributed by atoms with Crippen molar-refractivity contribution in [2.75, 3.05) is 51.0 Å². The molecule has 0 radical (unpaired) electrons. The Kier molecular flexibility index (Phi) is 10.8. The highest BCUT2D eigenvalue weighted by Gasteiger charge is 2.34. The molecule has 0 aliphatic carbocycles. The summed E-state index contributed by atoms with van der Waals surface area (Å²) in [4.78, 5) is 22.3. The second-order valence-electron chi connectivity index (χ2n) is 10.4. The number of pyridine rings is 2. The van der Waals surface area contributed by atoms with E-state index in [1.165, 1.54) is 33.0 Å². The van der Waals surface area contributed by atoms with Crippen LogP contribution in [0.1, 0.15) is 53.4 Å². The van der Waals surface area contributed by atoms with Gasteiger partial charge < -0.3 is 25.6 Å². The summed E-state index contributed by atoms with van der Waals surface area (Å²) in [5, 5.41) is 5.80. The molecule has 3 saturated heterocycles. The highest BCUT2D eigenvalue weighted by atomic mass is 19.1. The first-order valence-electron chi connectivity index (χ1n) is 15.3. The number of nitrogens with one attached hydrogen (secondary N) is 1. The number of likely N-dealkylation sites (tertiary alicyclic amines) is 1. The van der Waals surface area contributed by atoms with Crippen LogP contribution in [0.4, 0.5) is 16.0 Å². The molecule has 7 rings (SSSR count). The zero-order valence-electron chi connectivity index (χ0n) is 25.8. The van der Waals surface area contributed by atoms with Crippen LogP contribution >= 0.6 is 0 Å². The first kappa shape index (κ1) is 31.3. The summed E-state index contributed by atoms with van der Waals surface area (Å²) in [6.07, 6.45) is 6.72. The minimum absolute atomic E-state index is 0.105. The number of anilines is 2. The molecule has 0 spiro atoms. The second kappa shape index (κ2) is 14.5. The van der Waals surface area contributed by atoms with Crippen LogP contribution in [0, 0.1) is 5.82 Å². The third kappa shape index (κ3) is 6.71. The van der Waals surface area contributed by atoms with Crippen LogP contribution < -0.4 is 20.7 Å². The normalized spacial score (nSPS) is 19.4. The monoisotopic (exact) mass is 576 g/mol. The van der Waals surface area contributed by atoms with E-state index in [0.717, 1.165) is 36.7 Å². The fraction of sp³-hybridized carbons (Fsp3) is 0.500. The third-order valence-electron chi connectivity index (χ3n) is 7.66. The van der Waals surface area contributed by atoms with Crippen LogP contribution in [0.3, 0.4) is 0 Å². The summed E-state index contributed by atoms with van der Waals surface area (Å²) in [6, 6.07) is 10.3. The van der Waals surface area contributed by atoms with Crippen LogP contribution in [0.15, 0.2) is 36.5 Å². The number of methoxy groups -OCH3 is 1. The van der Waals surface area contributed by atoms with Crippen LogP contribution in [-0.4, -0.2) is 77.3 Å². The van der Waals surface area contributed by atoms with E-state index >= 15 is 4.39 Å². The zero-order chi connectivity index (χ0) is 30.2. The maximum absolute atomic E-state index is 15.9. The molecule has 3 aliphatic rings. The molecule has 0 amide bonds. The number of benzene rings is 1. The molecular weight excluding hydrogens is 531 g/mol. The summed E-state index contributed by atoms with van der Waals surface area (Å²) < 4.78 is 21.2. The number of hydrogen-bond donors (Lipinski definition) is 2. The number of fused-ring (bicyclic) bond motifs is 4. The third-order valence-corrected chi connectivity index (χ3v) is 7.66. The van der Waals surface area contributed by atoms with E-state index in [9.17, 15) is 0 Å². The van der Waals surface area contributed by atoms with E-state index in [1.807, 2.05) is 52.0 Å². The predicted octanol–water partition coefficient (Wildman–Crippen LogP) is 5.67. The summed E-state index contributed by atoms with van der Waals surface area (Å²) in [6.45, 7) is 12.2. The summed E-state index contributed by atoms with van der Waals surface area (Å²) >= 11 is 0. The summed E-state index contributed by atoms with van der Waals surface area (Å²) in [7, 11) is 3.66. The maximum atomic E-state index is 15.9. The van der Waals surface area contributed by atoms with Gasteiger partial charge in [-0.15, -0.1) is 0 Å². The number of rotatable bonds is 3. The molecule has 226 valence electrons. The van der Waals surface area contributed by atoms with Gasteiger partial charge in [0.25, 0.3) is 0 Å². The van der Waals surface area contributed by atoms with Crippen molar-refractivity contribution in [3.8, 4) is 17.4 Å². The van der Waals surface area contributed by atoms with Crippen LogP contribution in [-0.2, 0) is 0 Å². The molecule has 3 aromatic heterocycles. The Morgan fingerprint density at radius 2 is 1.60 bits per heavy atom. The Hall–Kier alpha value is -3.63. The summed E-state index contributed by atoms with van der Waals surface area (Å²) in [5.74, 6) is 0.386. The van der Waals surface area contributed by atoms with Crippen LogP contribution in [0.25, 0.3) is 33.1 Å². The van der Waals surface area contributed by atoms with Gasteiger partial charge in [-0.25, -0.2) is 9.37 Å². The van der Waals surface area contributed by atoms with E-state index in [1.54, 1.807) is 12.3 Å². The molecular formula is C32H45FN8O. The molecule has 2 bridgehead atoms. The van der Waals surface area contributed by atoms with Gasteiger partial charge >= 0.3 is 6.01 Å². The molecule has 10 heteroatoms. The zero-order valence-corrected chi connectivity index (χ0v) is 25.8. The van der Waals surface area contributed by atoms with Gasteiger partial charge in [0.2, 0.25) is 0 Å². The first-order chi connectivity index (χ1) is 20.5. The number of hydrogen-bond acceptors (Lipinski definition) is 9. The fourth-order valence-electron chi connectivity index (χ4n) is 5.76. The topological polar surface area (TPSA) is 105 Å². The minimum Gasteiger partial charge on any atom is -0.467 e. The molecule has 3 fully saturated rings. The van der Waals surface area contributed by atoms with Gasteiger partial charge in [0.05, 0.1) is 12.5 Å². The summed E-state index contributed by atoms with van der Waals surface area (Å²) in [5.41, 5.74) is 6.66. The lowest BCUT2D eigenvalue weighted by molar-refractivity contribution is 0.380. The van der Waals surface area contributed by atoms with Crippen molar-refractivity contribution < 1.29 is 9.13 Å². The Morgan fingerprint density at radius 1 is 0.929 bits per heavy atom. The minimum atomic E-state index is -0.564. The fourth-order valence-corrected chi connectivity index (χ4v) is 5.76. The van der Waals surface area contributed by atoms with Crippen molar-refractivity contribution in [1.82, 2.24) is 30.2 Å². The van der Waals surface area contributed by atoms with Crippen molar-refractivity contribution in [3.63, 3.8) is 0 Å². The van der Waals surface area contributed by atoms with Gasteiger partial charge in [0.1, 0.15) is 28.5 Å².